The molecule has 0 saturated carbocycles. The van der Waals surface area contributed by atoms with Crippen molar-refractivity contribution in [3.63, 3.8) is 0 Å². The number of rotatable bonds is 4. The van der Waals surface area contributed by atoms with Gasteiger partial charge in [0.2, 0.25) is 11.8 Å². The van der Waals surface area contributed by atoms with Gasteiger partial charge in [0, 0.05) is 32.2 Å². The first kappa shape index (κ1) is 19.1. The van der Waals surface area contributed by atoms with Crippen LogP contribution in [0.1, 0.15) is 25.7 Å². The van der Waals surface area contributed by atoms with E-state index in [1.165, 1.54) is 24.1 Å². The molecule has 2 saturated heterocycles. The Labute approximate surface area is 155 Å². The molecule has 2 aliphatic heterocycles. The highest BCUT2D eigenvalue weighted by atomic mass is 19.1. The van der Waals surface area contributed by atoms with Crippen LogP contribution < -0.4 is 10.2 Å². The van der Waals surface area contributed by atoms with E-state index in [0.29, 0.717) is 18.7 Å². The highest BCUT2D eigenvalue weighted by Crippen LogP contribution is 2.27. The van der Waals surface area contributed by atoms with E-state index >= 15 is 0 Å². The fourth-order valence-corrected chi connectivity index (χ4v) is 3.50. The van der Waals surface area contributed by atoms with Crippen LogP contribution in [0, 0.1) is 5.82 Å². The van der Waals surface area contributed by atoms with Crippen LogP contribution in [0.3, 0.4) is 0 Å². The Morgan fingerprint density at radius 3 is 2.74 bits per heavy atom. The second-order valence-electron chi connectivity index (χ2n) is 6.70. The van der Waals surface area contributed by atoms with E-state index in [2.05, 4.69) is 5.32 Å². The van der Waals surface area contributed by atoms with Crippen LogP contribution in [0.5, 0.6) is 0 Å². The smallest absolute Gasteiger partial charge is 0.408 e. The van der Waals surface area contributed by atoms with Crippen molar-refractivity contribution in [2.24, 2.45) is 0 Å². The number of carbonyl (C=O) groups is 3. The maximum atomic E-state index is 14.5. The Balaban J connectivity index is 1.72. The largest absolute Gasteiger partial charge is 0.465 e. The third-order valence-corrected chi connectivity index (χ3v) is 4.99. The second-order valence-corrected chi connectivity index (χ2v) is 6.70. The van der Waals surface area contributed by atoms with Gasteiger partial charge in [0.05, 0.1) is 18.3 Å². The van der Waals surface area contributed by atoms with Crippen molar-refractivity contribution in [2.45, 2.75) is 37.8 Å². The van der Waals surface area contributed by atoms with E-state index in [4.69, 9.17) is 4.74 Å². The van der Waals surface area contributed by atoms with Crippen LogP contribution in [0.15, 0.2) is 18.2 Å². The molecule has 3 amide bonds. The lowest BCUT2D eigenvalue weighted by molar-refractivity contribution is -0.120. The zero-order valence-electron chi connectivity index (χ0n) is 15.0. The summed E-state index contributed by atoms with van der Waals surface area (Å²) in [6.07, 6.45) is 0.724. The number of benzene rings is 1. The normalized spacial score (nSPS) is 22.8. The van der Waals surface area contributed by atoms with E-state index in [0.717, 1.165) is 17.7 Å². The SMILES string of the molecule is COC1CC(C(=O)Nc2ccc(N3CCCCC3=O)cc2F)N(C(=O)O)C1. The van der Waals surface area contributed by atoms with Gasteiger partial charge in [-0.25, -0.2) is 9.18 Å². The van der Waals surface area contributed by atoms with E-state index < -0.39 is 23.9 Å². The summed E-state index contributed by atoms with van der Waals surface area (Å²) < 4.78 is 19.6. The number of nitrogens with zero attached hydrogens (tertiary/aromatic N) is 2. The maximum Gasteiger partial charge on any atom is 0.408 e. The number of piperidine rings is 1. The van der Waals surface area contributed by atoms with Gasteiger partial charge in [0.1, 0.15) is 11.9 Å². The minimum absolute atomic E-state index is 0.0499. The third-order valence-electron chi connectivity index (χ3n) is 4.99. The number of hydrogen-bond acceptors (Lipinski definition) is 4. The Morgan fingerprint density at radius 1 is 1.33 bits per heavy atom. The van der Waals surface area contributed by atoms with Crippen molar-refractivity contribution in [3.05, 3.63) is 24.0 Å². The molecule has 1 aromatic rings. The number of ether oxygens (including phenoxy) is 1. The van der Waals surface area contributed by atoms with Gasteiger partial charge in [-0.2, -0.15) is 0 Å². The molecule has 3 rings (SSSR count). The van der Waals surface area contributed by atoms with Crippen molar-refractivity contribution in [2.75, 3.05) is 30.4 Å². The van der Waals surface area contributed by atoms with Gasteiger partial charge < -0.3 is 20.1 Å². The summed E-state index contributed by atoms with van der Waals surface area (Å²) in [4.78, 5) is 38.3. The molecule has 0 aromatic heterocycles. The average molecular weight is 379 g/mol. The van der Waals surface area contributed by atoms with Gasteiger partial charge in [-0.1, -0.05) is 0 Å². The summed E-state index contributed by atoms with van der Waals surface area (Å²) in [5, 5.41) is 11.7. The molecule has 0 aliphatic carbocycles. The number of anilines is 2. The molecular weight excluding hydrogens is 357 g/mol. The first-order valence-electron chi connectivity index (χ1n) is 8.84. The first-order chi connectivity index (χ1) is 12.9. The highest BCUT2D eigenvalue weighted by molar-refractivity contribution is 5.98. The van der Waals surface area contributed by atoms with Crippen molar-refractivity contribution in [1.82, 2.24) is 4.90 Å². The molecule has 0 radical (unpaired) electrons. The van der Waals surface area contributed by atoms with Gasteiger partial charge in [0.15, 0.2) is 0 Å². The number of nitrogens with one attached hydrogen (secondary N) is 1. The predicted octanol–water partition coefficient (Wildman–Crippen LogP) is 2.05. The summed E-state index contributed by atoms with van der Waals surface area (Å²) in [6.45, 7) is 0.625. The fourth-order valence-electron chi connectivity index (χ4n) is 3.50. The molecule has 2 aliphatic rings. The molecule has 0 spiro atoms. The predicted molar refractivity (Wildman–Crippen MR) is 95.2 cm³/mol. The number of hydrogen-bond donors (Lipinski definition) is 2. The number of halogens is 1. The number of carbonyl (C=O) groups excluding carboxylic acids is 2. The van der Waals surface area contributed by atoms with E-state index in [9.17, 15) is 23.9 Å². The van der Waals surface area contributed by atoms with Crippen LogP contribution in [0.2, 0.25) is 0 Å². The maximum absolute atomic E-state index is 14.5. The highest BCUT2D eigenvalue weighted by Gasteiger charge is 2.40. The molecule has 8 nitrogen and oxygen atoms in total. The summed E-state index contributed by atoms with van der Waals surface area (Å²) in [5.74, 6) is -1.34. The summed E-state index contributed by atoms with van der Waals surface area (Å²) in [5.41, 5.74) is 0.391. The Kier molecular flexibility index (Phi) is 5.59. The summed E-state index contributed by atoms with van der Waals surface area (Å²) >= 11 is 0. The van der Waals surface area contributed by atoms with Crippen LogP contribution in [-0.2, 0) is 14.3 Å². The lowest BCUT2D eigenvalue weighted by atomic mass is 10.1. The number of likely N-dealkylation sites (tertiary alicyclic amines) is 1. The molecule has 0 bridgehead atoms. The van der Waals surface area contributed by atoms with Crippen LogP contribution in [0.4, 0.5) is 20.6 Å². The second kappa shape index (κ2) is 7.91. The molecule has 27 heavy (non-hydrogen) atoms. The van der Waals surface area contributed by atoms with Gasteiger partial charge in [-0.3, -0.25) is 14.5 Å². The van der Waals surface area contributed by atoms with Crippen molar-refractivity contribution in [1.29, 1.82) is 0 Å². The molecule has 2 N–H and O–H groups in total. The first-order valence-corrected chi connectivity index (χ1v) is 8.84. The minimum atomic E-state index is -1.23. The summed E-state index contributed by atoms with van der Waals surface area (Å²) in [7, 11) is 1.45. The van der Waals surface area contributed by atoms with Crippen LogP contribution >= 0.6 is 0 Å². The zero-order chi connectivity index (χ0) is 19.6. The van der Waals surface area contributed by atoms with E-state index in [1.807, 2.05) is 0 Å². The Bertz CT molecular complexity index is 757. The van der Waals surface area contributed by atoms with E-state index in [-0.39, 0.29) is 30.7 Å². The average Bonchev–Trinajstić information content (AvgIpc) is 3.09. The van der Waals surface area contributed by atoms with Gasteiger partial charge >= 0.3 is 6.09 Å². The van der Waals surface area contributed by atoms with Crippen molar-refractivity contribution >= 4 is 29.3 Å². The third kappa shape index (κ3) is 4.02. The number of amides is 3. The van der Waals surface area contributed by atoms with Crippen molar-refractivity contribution in [3.8, 4) is 0 Å². The molecule has 1 aromatic carbocycles. The van der Waals surface area contributed by atoms with Gasteiger partial charge in [0.25, 0.3) is 0 Å². The van der Waals surface area contributed by atoms with Gasteiger partial charge in [-0.05, 0) is 31.0 Å². The minimum Gasteiger partial charge on any atom is -0.465 e. The zero-order valence-corrected chi connectivity index (χ0v) is 15.0. The topological polar surface area (TPSA) is 99.2 Å². The quantitative estimate of drug-likeness (QED) is 0.834. The number of carboxylic acid groups (broad SMARTS) is 1. The molecule has 2 fully saturated rings. The lowest BCUT2D eigenvalue weighted by Gasteiger charge is -2.27. The molecule has 146 valence electrons. The van der Waals surface area contributed by atoms with E-state index in [1.54, 1.807) is 6.07 Å². The Morgan fingerprint density at radius 2 is 2.11 bits per heavy atom. The molecule has 2 unspecified atom stereocenters. The Hall–Kier alpha value is -2.68. The molecule has 2 atom stereocenters. The molecular formula is C18H22FN3O5. The lowest BCUT2D eigenvalue weighted by Crippen LogP contribution is -2.42. The van der Waals surface area contributed by atoms with Crippen LogP contribution in [0.25, 0.3) is 0 Å². The van der Waals surface area contributed by atoms with Crippen molar-refractivity contribution < 1.29 is 28.6 Å². The number of methoxy groups -OCH3 is 1. The standard InChI is InChI=1S/C18H22FN3O5/c1-27-12-9-15(22(10-12)18(25)26)17(24)20-14-6-5-11(8-13(14)19)21-7-3-2-4-16(21)23/h5-6,8,12,15H,2-4,7,9-10H2,1H3,(H,20,24)(H,25,26). The fraction of sp³-hybridized carbons (Fsp3) is 0.500. The monoisotopic (exact) mass is 379 g/mol. The van der Waals surface area contributed by atoms with Crippen LogP contribution in [-0.4, -0.2) is 60.3 Å². The molecule has 2 heterocycles. The van der Waals surface area contributed by atoms with Gasteiger partial charge in [-0.15, -0.1) is 0 Å². The molecule has 9 heteroatoms. The summed E-state index contributed by atoms with van der Waals surface area (Å²) in [6, 6.07) is 3.22.